The van der Waals surface area contributed by atoms with Gasteiger partial charge in [-0.1, -0.05) is 36.4 Å². The first-order valence-electron chi connectivity index (χ1n) is 7.51. The van der Waals surface area contributed by atoms with Crippen LogP contribution in [0.1, 0.15) is 5.69 Å². The lowest BCUT2D eigenvalue weighted by Crippen LogP contribution is -2.02. The van der Waals surface area contributed by atoms with Gasteiger partial charge in [0.15, 0.2) is 0 Å². The fraction of sp³-hybridized carbons (Fsp3) is 0. The predicted molar refractivity (Wildman–Crippen MR) is 92.4 cm³/mol. The Bertz CT molecular complexity index is 1150. The summed E-state index contributed by atoms with van der Waals surface area (Å²) < 4.78 is 10.9. The van der Waals surface area contributed by atoms with Crippen molar-refractivity contribution in [2.45, 2.75) is 0 Å². The quantitative estimate of drug-likeness (QED) is 0.570. The first-order chi connectivity index (χ1) is 12.2. The maximum Gasteiger partial charge on any atom is 0.349 e. The number of nitriles is 1. The normalized spacial score (nSPS) is 10.5. The molecule has 25 heavy (non-hydrogen) atoms. The lowest BCUT2D eigenvalue weighted by atomic mass is 10.2. The van der Waals surface area contributed by atoms with Crippen molar-refractivity contribution >= 4 is 22.5 Å². The predicted octanol–water partition coefficient (Wildman–Crippen LogP) is 4.06. The summed E-state index contributed by atoms with van der Waals surface area (Å²) in [7, 11) is 0. The molecule has 0 saturated carbocycles. The van der Waals surface area contributed by atoms with Crippen LogP contribution in [0.5, 0.6) is 0 Å². The van der Waals surface area contributed by atoms with Gasteiger partial charge in [-0.15, -0.1) is 0 Å². The number of benzene rings is 2. The van der Waals surface area contributed by atoms with E-state index in [4.69, 9.17) is 8.83 Å². The molecular weight excluding hydrogens is 318 g/mol. The highest BCUT2D eigenvalue weighted by Crippen LogP contribution is 2.27. The minimum Gasteiger partial charge on any atom is -0.422 e. The van der Waals surface area contributed by atoms with Crippen LogP contribution in [0.3, 0.4) is 0 Å². The Morgan fingerprint density at radius 1 is 1.00 bits per heavy atom. The first-order valence-corrected chi connectivity index (χ1v) is 7.51. The topological polar surface area (TPSA) is 92.1 Å². The monoisotopic (exact) mass is 329 g/mol. The van der Waals surface area contributed by atoms with Gasteiger partial charge in [0, 0.05) is 11.1 Å². The molecule has 120 valence electrons. The number of rotatable bonds is 3. The van der Waals surface area contributed by atoms with E-state index in [2.05, 4.69) is 10.3 Å². The second-order valence-corrected chi connectivity index (χ2v) is 5.28. The van der Waals surface area contributed by atoms with Crippen molar-refractivity contribution in [2.75, 3.05) is 5.32 Å². The third-order valence-corrected chi connectivity index (χ3v) is 3.64. The molecule has 6 heteroatoms. The lowest BCUT2D eigenvalue weighted by Gasteiger charge is -2.01. The molecule has 0 amide bonds. The molecule has 0 saturated heterocycles. The van der Waals surface area contributed by atoms with Crippen molar-refractivity contribution < 1.29 is 8.83 Å². The summed E-state index contributed by atoms with van der Waals surface area (Å²) in [5.74, 6) is 0.214. The van der Waals surface area contributed by atoms with Gasteiger partial charge in [-0.05, 0) is 24.3 Å². The zero-order valence-electron chi connectivity index (χ0n) is 12.9. The van der Waals surface area contributed by atoms with Crippen LogP contribution in [-0.4, -0.2) is 4.98 Å². The van der Waals surface area contributed by atoms with Crippen LogP contribution in [0.15, 0.2) is 74.3 Å². The van der Waals surface area contributed by atoms with Gasteiger partial charge < -0.3 is 14.2 Å². The average molecular weight is 329 g/mol. The van der Waals surface area contributed by atoms with Gasteiger partial charge >= 0.3 is 5.63 Å². The average Bonchev–Trinajstić information content (AvgIpc) is 3.04. The van der Waals surface area contributed by atoms with Gasteiger partial charge in [0.05, 0.1) is 0 Å². The number of nitrogens with one attached hydrogen (secondary N) is 1. The SMILES string of the molecule is N#Cc1nc(-c2cc3ccccc3oc2=O)oc1Nc1ccccc1. The number of nitrogens with zero attached hydrogens (tertiary/aromatic N) is 2. The summed E-state index contributed by atoms with van der Waals surface area (Å²) >= 11 is 0. The maximum atomic E-state index is 12.2. The molecule has 6 nitrogen and oxygen atoms in total. The molecule has 2 heterocycles. The van der Waals surface area contributed by atoms with Crippen LogP contribution < -0.4 is 10.9 Å². The van der Waals surface area contributed by atoms with Crippen LogP contribution in [0, 0.1) is 11.3 Å². The van der Waals surface area contributed by atoms with Gasteiger partial charge in [0.1, 0.15) is 17.2 Å². The summed E-state index contributed by atoms with van der Waals surface area (Å²) in [6.45, 7) is 0. The van der Waals surface area contributed by atoms with E-state index in [1.807, 2.05) is 48.5 Å². The van der Waals surface area contributed by atoms with E-state index in [1.165, 1.54) is 0 Å². The third kappa shape index (κ3) is 2.75. The highest BCUT2D eigenvalue weighted by Gasteiger charge is 2.18. The van der Waals surface area contributed by atoms with Gasteiger partial charge in [-0.3, -0.25) is 0 Å². The molecule has 4 aromatic rings. The Morgan fingerprint density at radius 3 is 2.56 bits per heavy atom. The molecule has 0 radical (unpaired) electrons. The number of hydrogen-bond donors (Lipinski definition) is 1. The van der Waals surface area contributed by atoms with E-state index in [-0.39, 0.29) is 23.0 Å². The largest absolute Gasteiger partial charge is 0.422 e. The molecule has 0 aliphatic heterocycles. The Hall–Kier alpha value is -3.85. The Labute approximate surface area is 142 Å². The standard InChI is InChI=1S/C19H11N3O3/c20-11-15-18(21-13-7-2-1-3-8-13)25-17(22-15)14-10-12-6-4-5-9-16(12)24-19(14)23/h1-10,21H. The molecule has 1 N–H and O–H groups in total. The number of anilines is 2. The van der Waals surface area contributed by atoms with Gasteiger partial charge in [0.2, 0.25) is 17.5 Å². The van der Waals surface area contributed by atoms with Gasteiger partial charge in [0.25, 0.3) is 0 Å². The molecule has 0 spiro atoms. The Kier molecular flexibility index (Phi) is 3.52. The summed E-state index contributed by atoms with van der Waals surface area (Å²) in [4.78, 5) is 16.3. The molecule has 0 aliphatic carbocycles. The van der Waals surface area contributed by atoms with Crippen molar-refractivity contribution in [3.05, 3.63) is 76.8 Å². The second kappa shape index (κ2) is 5.98. The van der Waals surface area contributed by atoms with E-state index in [1.54, 1.807) is 18.2 Å². The van der Waals surface area contributed by atoms with Crippen LogP contribution >= 0.6 is 0 Å². The number of para-hydroxylation sites is 2. The molecule has 2 aromatic carbocycles. The Morgan fingerprint density at radius 2 is 1.76 bits per heavy atom. The maximum absolute atomic E-state index is 12.2. The molecular formula is C19H11N3O3. The van der Waals surface area contributed by atoms with Crippen LogP contribution in [0.25, 0.3) is 22.4 Å². The number of aromatic nitrogens is 1. The highest BCUT2D eigenvalue weighted by atomic mass is 16.4. The fourth-order valence-corrected chi connectivity index (χ4v) is 2.46. The van der Waals surface area contributed by atoms with E-state index in [0.717, 1.165) is 11.1 Å². The zero-order valence-corrected chi connectivity index (χ0v) is 12.9. The van der Waals surface area contributed by atoms with Crippen molar-refractivity contribution in [1.82, 2.24) is 4.98 Å². The van der Waals surface area contributed by atoms with E-state index in [0.29, 0.717) is 5.58 Å². The van der Waals surface area contributed by atoms with Crippen LogP contribution in [0.2, 0.25) is 0 Å². The van der Waals surface area contributed by atoms with Crippen molar-refractivity contribution in [1.29, 1.82) is 5.26 Å². The van der Waals surface area contributed by atoms with Crippen molar-refractivity contribution in [3.63, 3.8) is 0 Å². The van der Waals surface area contributed by atoms with E-state index >= 15 is 0 Å². The fourth-order valence-electron chi connectivity index (χ4n) is 2.46. The minimum atomic E-state index is -0.573. The van der Waals surface area contributed by atoms with E-state index in [9.17, 15) is 10.1 Å². The number of oxazole rings is 1. The van der Waals surface area contributed by atoms with Gasteiger partial charge in [-0.25, -0.2) is 4.79 Å². The highest BCUT2D eigenvalue weighted by molar-refractivity contribution is 5.80. The van der Waals surface area contributed by atoms with E-state index < -0.39 is 5.63 Å². The number of fused-ring (bicyclic) bond motifs is 1. The lowest BCUT2D eigenvalue weighted by molar-refractivity contribution is 0.548. The summed E-state index contributed by atoms with van der Waals surface area (Å²) in [5, 5.41) is 13.0. The summed E-state index contributed by atoms with van der Waals surface area (Å²) in [6.07, 6.45) is 0. The Balaban J connectivity index is 1.80. The first kappa shape index (κ1) is 14.7. The van der Waals surface area contributed by atoms with Crippen LogP contribution in [-0.2, 0) is 0 Å². The molecule has 0 bridgehead atoms. The summed E-state index contributed by atoms with van der Waals surface area (Å²) in [5.41, 5.74) is 0.872. The van der Waals surface area contributed by atoms with Crippen molar-refractivity contribution in [3.8, 4) is 17.5 Å². The van der Waals surface area contributed by atoms with Crippen LogP contribution in [0.4, 0.5) is 11.6 Å². The molecule has 0 fully saturated rings. The molecule has 0 atom stereocenters. The van der Waals surface area contributed by atoms with Gasteiger partial charge in [-0.2, -0.15) is 10.2 Å². The third-order valence-electron chi connectivity index (χ3n) is 3.64. The molecule has 4 rings (SSSR count). The minimum absolute atomic E-state index is 0.0366. The smallest absolute Gasteiger partial charge is 0.349 e. The molecule has 0 aliphatic rings. The summed E-state index contributed by atoms with van der Waals surface area (Å²) in [6, 6.07) is 20.0. The second-order valence-electron chi connectivity index (χ2n) is 5.28. The van der Waals surface area contributed by atoms with Crippen molar-refractivity contribution in [2.24, 2.45) is 0 Å². The zero-order chi connectivity index (χ0) is 17.2. The molecule has 2 aromatic heterocycles. The number of hydrogen-bond acceptors (Lipinski definition) is 6. The molecule has 0 unspecified atom stereocenters.